The fourth-order valence-corrected chi connectivity index (χ4v) is 1.42. The molecule has 0 radical (unpaired) electrons. The van der Waals surface area contributed by atoms with Gasteiger partial charge in [0, 0.05) is 18.2 Å². The topological polar surface area (TPSA) is 81.5 Å². The van der Waals surface area contributed by atoms with E-state index in [1.165, 1.54) is 18.2 Å². The number of non-ortho nitro benzene ring substituents is 1. The minimum atomic E-state index is -0.470. The summed E-state index contributed by atoms with van der Waals surface area (Å²) in [6.45, 7) is 5.31. The van der Waals surface area contributed by atoms with Crippen molar-refractivity contribution in [3.63, 3.8) is 0 Å². The van der Waals surface area contributed by atoms with E-state index in [4.69, 9.17) is 4.74 Å². The number of carbonyl (C=O) groups is 1. The maximum absolute atomic E-state index is 11.4. The Morgan fingerprint density at radius 1 is 1.50 bits per heavy atom. The summed E-state index contributed by atoms with van der Waals surface area (Å²) in [7, 11) is 0. The van der Waals surface area contributed by atoms with Crippen LogP contribution in [0.2, 0.25) is 0 Å². The molecular formula is C12H16N2O4. The molecule has 0 heterocycles. The largest absolute Gasteiger partial charge is 0.484 e. The molecule has 0 atom stereocenters. The predicted octanol–water partition coefficient (Wildman–Crippen LogP) is 1.81. The summed E-state index contributed by atoms with van der Waals surface area (Å²) in [5.41, 5.74) is 0.632. The number of carbonyl (C=O) groups excluding carboxylic acids is 1. The highest BCUT2D eigenvalue weighted by Crippen LogP contribution is 2.22. The van der Waals surface area contributed by atoms with Crippen LogP contribution in [0.3, 0.4) is 0 Å². The van der Waals surface area contributed by atoms with E-state index in [1.807, 2.05) is 13.8 Å². The van der Waals surface area contributed by atoms with Gasteiger partial charge in [0.05, 0.1) is 4.92 Å². The van der Waals surface area contributed by atoms with Crippen LogP contribution in [0.15, 0.2) is 18.2 Å². The molecule has 0 saturated heterocycles. The Morgan fingerprint density at radius 2 is 2.17 bits per heavy atom. The summed E-state index contributed by atoms with van der Waals surface area (Å²) in [5, 5.41) is 13.2. The molecule has 98 valence electrons. The average molecular weight is 252 g/mol. The molecule has 1 N–H and O–H groups in total. The maximum Gasteiger partial charge on any atom is 0.269 e. The molecule has 0 bridgehead atoms. The number of aryl methyl sites for hydroxylation is 1. The van der Waals surface area contributed by atoms with Gasteiger partial charge in [-0.15, -0.1) is 0 Å². The van der Waals surface area contributed by atoms with Crippen LogP contribution in [0.5, 0.6) is 5.75 Å². The number of nitro benzene ring substituents is 1. The maximum atomic E-state index is 11.4. The highest BCUT2D eigenvalue weighted by atomic mass is 16.6. The Balaban J connectivity index is 2.63. The van der Waals surface area contributed by atoms with Crippen molar-refractivity contribution in [1.82, 2.24) is 5.32 Å². The Morgan fingerprint density at radius 3 is 2.67 bits per heavy atom. The van der Waals surface area contributed by atoms with E-state index in [0.717, 1.165) is 0 Å². The highest BCUT2D eigenvalue weighted by molar-refractivity contribution is 5.77. The zero-order chi connectivity index (χ0) is 13.7. The fraction of sp³-hybridized carbons (Fsp3) is 0.417. The van der Waals surface area contributed by atoms with E-state index >= 15 is 0 Å². The van der Waals surface area contributed by atoms with Gasteiger partial charge in [0.15, 0.2) is 6.61 Å². The van der Waals surface area contributed by atoms with Crippen molar-refractivity contribution < 1.29 is 14.5 Å². The molecule has 18 heavy (non-hydrogen) atoms. The third-order valence-corrected chi connectivity index (χ3v) is 2.18. The molecule has 1 aromatic carbocycles. The monoisotopic (exact) mass is 252 g/mol. The van der Waals surface area contributed by atoms with Gasteiger partial charge in [-0.25, -0.2) is 0 Å². The SMILES string of the molecule is Cc1cc([N+](=O)[O-])ccc1OCC(=O)NC(C)C. The molecule has 1 rings (SSSR count). The number of ether oxygens (including phenoxy) is 1. The van der Waals surface area contributed by atoms with Crippen molar-refractivity contribution in [2.45, 2.75) is 26.8 Å². The lowest BCUT2D eigenvalue weighted by molar-refractivity contribution is -0.384. The minimum absolute atomic E-state index is 0.00600. The standard InChI is InChI=1S/C12H16N2O4/c1-8(2)13-12(15)7-18-11-5-4-10(14(16)17)6-9(11)3/h4-6,8H,7H2,1-3H3,(H,13,15). The third-order valence-electron chi connectivity index (χ3n) is 2.18. The van der Waals surface area contributed by atoms with Gasteiger partial charge in [-0.3, -0.25) is 14.9 Å². The van der Waals surface area contributed by atoms with Gasteiger partial charge in [0.25, 0.3) is 11.6 Å². The lowest BCUT2D eigenvalue weighted by Crippen LogP contribution is -2.34. The van der Waals surface area contributed by atoms with Crippen LogP contribution < -0.4 is 10.1 Å². The van der Waals surface area contributed by atoms with Crippen LogP contribution in [0.4, 0.5) is 5.69 Å². The molecule has 6 nitrogen and oxygen atoms in total. The van der Waals surface area contributed by atoms with Crippen LogP contribution in [0.25, 0.3) is 0 Å². The number of hydrogen-bond donors (Lipinski definition) is 1. The molecule has 0 aliphatic carbocycles. The Kier molecular flexibility index (Phi) is 4.65. The summed E-state index contributed by atoms with van der Waals surface area (Å²) in [5.74, 6) is 0.252. The minimum Gasteiger partial charge on any atom is -0.484 e. The van der Waals surface area contributed by atoms with Gasteiger partial charge in [-0.05, 0) is 32.4 Å². The van der Waals surface area contributed by atoms with Gasteiger partial charge in [0.2, 0.25) is 0 Å². The number of benzene rings is 1. The molecule has 0 saturated carbocycles. The first-order chi connectivity index (χ1) is 8.40. The number of hydrogen-bond acceptors (Lipinski definition) is 4. The van der Waals surface area contributed by atoms with Crippen LogP contribution in [0.1, 0.15) is 19.4 Å². The van der Waals surface area contributed by atoms with E-state index in [0.29, 0.717) is 11.3 Å². The third kappa shape index (κ3) is 4.04. The molecule has 0 unspecified atom stereocenters. The summed E-state index contributed by atoms with van der Waals surface area (Å²) in [6.07, 6.45) is 0. The van der Waals surface area contributed by atoms with Crippen molar-refractivity contribution >= 4 is 11.6 Å². The molecule has 6 heteroatoms. The smallest absolute Gasteiger partial charge is 0.269 e. The molecule has 0 aliphatic rings. The Hall–Kier alpha value is -2.11. The highest BCUT2D eigenvalue weighted by Gasteiger charge is 2.10. The Labute approximate surface area is 105 Å². The molecule has 0 fully saturated rings. The van der Waals surface area contributed by atoms with E-state index in [9.17, 15) is 14.9 Å². The van der Waals surface area contributed by atoms with Crippen LogP contribution in [-0.2, 0) is 4.79 Å². The summed E-state index contributed by atoms with van der Waals surface area (Å²) in [6, 6.07) is 4.31. The molecular weight excluding hydrogens is 236 g/mol. The zero-order valence-electron chi connectivity index (χ0n) is 10.6. The van der Waals surface area contributed by atoms with E-state index in [2.05, 4.69) is 5.32 Å². The van der Waals surface area contributed by atoms with Crippen molar-refractivity contribution in [2.75, 3.05) is 6.61 Å². The normalized spacial score (nSPS) is 10.2. The zero-order valence-corrected chi connectivity index (χ0v) is 10.6. The predicted molar refractivity (Wildman–Crippen MR) is 66.6 cm³/mol. The van der Waals surface area contributed by atoms with Gasteiger partial charge in [-0.2, -0.15) is 0 Å². The molecule has 1 aromatic rings. The Bertz CT molecular complexity index is 457. The van der Waals surface area contributed by atoms with Crippen LogP contribution in [0, 0.1) is 17.0 Å². The first-order valence-corrected chi connectivity index (χ1v) is 5.57. The van der Waals surface area contributed by atoms with Crippen molar-refractivity contribution in [3.05, 3.63) is 33.9 Å². The van der Waals surface area contributed by atoms with E-state index in [1.54, 1.807) is 6.92 Å². The summed E-state index contributed by atoms with van der Waals surface area (Å²) >= 11 is 0. The van der Waals surface area contributed by atoms with Gasteiger partial charge in [0.1, 0.15) is 5.75 Å². The van der Waals surface area contributed by atoms with Gasteiger partial charge in [-0.1, -0.05) is 0 Å². The van der Waals surface area contributed by atoms with Crippen molar-refractivity contribution in [2.24, 2.45) is 0 Å². The lowest BCUT2D eigenvalue weighted by Gasteiger charge is -2.11. The summed E-state index contributed by atoms with van der Waals surface area (Å²) in [4.78, 5) is 21.5. The molecule has 0 aliphatic heterocycles. The first-order valence-electron chi connectivity index (χ1n) is 5.57. The number of rotatable bonds is 5. The summed E-state index contributed by atoms with van der Waals surface area (Å²) < 4.78 is 5.30. The van der Waals surface area contributed by atoms with Gasteiger partial charge >= 0.3 is 0 Å². The van der Waals surface area contributed by atoms with Crippen LogP contribution >= 0.6 is 0 Å². The van der Waals surface area contributed by atoms with Crippen molar-refractivity contribution in [1.29, 1.82) is 0 Å². The van der Waals surface area contributed by atoms with E-state index < -0.39 is 4.92 Å². The number of nitrogens with zero attached hydrogens (tertiary/aromatic N) is 1. The fourth-order valence-electron chi connectivity index (χ4n) is 1.42. The second kappa shape index (κ2) is 6.00. The molecule has 1 amide bonds. The van der Waals surface area contributed by atoms with Gasteiger partial charge < -0.3 is 10.1 Å². The van der Waals surface area contributed by atoms with E-state index in [-0.39, 0.29) is 24.2 Å². The molecule has 0 aromatic heterocycles. The lowest BCUT2D eigenvalue weighted by atomic mass is 10.2. The van der Waals surface area contributed by atoms with Crippen molar-refractivity contribution in [3.8, 4) is 5.75 Å². The number of nitro groups is 1. The second-order valence-corrected chi connectivity index (χ2v) is 4.22. The average Bonchev–Trinajstić information content (AvgIpc) is 2.26. The second-order valence-electron chi connectivity index (χ2n) is 4.22. The molecule has 0 spiro atoms. The first kappa shape index (κ1) is 14.0. The number of nitrogens with one attached hydrogen (secondary N) is 1. The quantitative estimate of drug-likeness (QED) is 0.640. The van der Waals surface area contributed by atoms with Crippen LogP contribution in [-0.4, -0.2) is 23.5 Å². The number of amides is 1.